The van der Waals surface area contributed by atoms with Crippen LogP contribution in [0.3, 0.4) is 0 Å². The lowest BCUT2D eigenvalue weighted by molar-refractivity contribution is -0.146. The second-order valence-corrected chi connectivity index (χ2v) is 11.4. The first-order valence-corrected chi connectivity index (χ1v) is 14.8. The summed E-state index contributed by atoms with van der Waals surface area (Å²) in [6.45, 7) is 6.27. The van der Waals surface area contributed by atoms with E-state index >= 15 is 0 Å². The van der Waals surface area contributed by atoms with Crippen molar-refractivity contribution in [2.75, 3.05) is 49.6 Å². The summed E-state index contributed by atoms with van der Waals surface area (Å²) in [5.41, 5.74) is 1.12. The molecular formula is C33H38N4O5. The highest BCUT2D eigenvalue weighted by Crippen LogP contribution is 2.55. The van der Waals surface area contributed by atoms with E-state index in [-0.39, 0.29) is 30.9 Å². The topological polar surface area (TPSA) is 93.6 Å². The third kappa shape index (κ3) is 4.25. The number of fused-ring (bicyclic) bond motifs is 2. The second kappa shape index (κ2) is 11.0. The highest BCUT2D eigenvalue weighted by Gasteiger charge is 2.72. The molecule has 1 unspecified atom stereocenters. The quantitative estimate of drug-likeness (QED) is 0.515. The third-order valence-electron chi connectivity index (χ3n) is 9.28. The molecule has 0 bridgehead atoms. The summed E-state index contributed by atoms with van der Waals surface area (Å²) in [6.07, 6.45) is 6.80. The molecule has 6 atom stereocenters. The van der Waals surface area contributed by atoms with Gasteiger partial charge in [-0.15, -0.1) is 0 Å². The van der Waals surface area contributed by atoms with E-state index in [2.05, 4.69) is 18.7 Å². The number of nitrogens with zero attached hydrogens (tertiary/aromatic N) is 4. The lowest BCUT2D eigenvalue weighted by Gasteiger charge is -2.38. The van der Waals surface area contributed by atoms with Crippen molar-refractivity contribution in [3.63, 3.8) is 0 Å². The van der Waals surface area contributed by atoms with Crippen LogP contribution in [0.4, 0.5) is 11.4 Å². The molecule has 4 aliphatic rings. The molecule has 9 nitrogen and oxygen atoms in total. The monoisotopic (exact) mass is 570 g/mol. The number of aliphatic hydroxyl groups is 1. The summed E-state index contributed by atoms with van der Waals surface area (Å²) in [5, 5.41) is 10.7. The first-order chi connectivity index (χ1) is 20.4. The normalized spacial score (nSPS) is 29.2. The van der Waals surface area contributed by atoms with Gasteiger partial charge in [0, 0.05) is 44.6 Å². The van der Waals surface area contributed by atoms with E-state index in [1.54, 1.807) is 16.8 Å². The summed E-state index contributed by atoms with van der Waals surface area (Å²) in [4.78, 5) is 49.9. The molecule has 2 aromatic carbocycles. The van der Waals surface area contributed by atoms with Crippen LogP contribution in [-0.2, 0) is 19.1 Å². The minimum absolute atomic E-state index is 0.185. The smallest absolute Gasteiger partial charge is 0.253 e. The Morgan fingerprint density at radius 2 is 1.67 bits per heavy atom. The van der Waals surface area contributed by atoms with E-state index in [9.17, 15) is 19.5 Å². The van der Waals surface area contributed by atoms with Gasteiger partial charge in [0.15, 0.2) is 0 Å². The van der Waals surface area contributed by atoms with Crippen LogP contribution < -0.4 is 9.80 Å². The number of hydrogen-bond donors (Lipinski definition) is 1. The average molecular weight is 571 g/mol. The van der Waals surface area contributed by atoms with E-state index in [0.717, 1.165) is 18.8 Å². The molecule has 42 heavy (non-hydrogen) atoms. The number of aliphatic hydroxyl groups excluding tert-OH is 1. The molecule has 0 aliphatic carbocycles. The zero-order valence-corrected chi connectivity index (χ0v) is 24.3. The highest BCUT2D eigenvalue weighted by atomic mass is 16.5. The Morgan fingerprint density at radius 3 is 2.33 bits per heavy atom. The fourth-order valence-electron chi connectivity index (χ4n) is 7.23. The average Bonchev–Trinajstić information content (AvgIpc) is 3.33. The van der Waals surface area contributed by atoms with Gasteiger partial charge in [-0.05, 0) is 43.7 Å². The fraction of sp³-hybridized carbons (Fsp3) is 0.424. The summed E-state index contributed by atoms with van der Waals surface area (Å²) in [7, 11) is 1.72. The summed E-state index contributed by atoms with van der Waals surface area (Å²) in [6, 6.07) is 15.2. The number of carbonyl (C=O) groups excluding carboxylic acids is 3. The lowest BCUT2D eigenvalue weighted by atomic mass is 9.77. The summed E-state index contributed by atoms with van der Waals surface area (Å²) < 4.78 is 6.71. The Kier molecular flexibility index (Phi) is 7.41. The standard InChI is InChI=1S/C33H38N4O5/c1-4-35(5-2)23-14-16-24(17-15-23)36-20-10-18-33-28(27-26(42-33)13-9-19-34(3)30(27)39)31(40)37(29(33)32(36)41)25(21-38)22-11-7-6-8-12-22/h6-18,25-29,38H,4-5,19-21H2,1-3H3/t25-,26-,27+,28+,29?,33+/m1/s1. The van der Waals surface area contributed by atoms with Crippen LogP contribution in [0.2, 0.25) is 0 Å². The van der Waals surface area contributed by atoms with Crippen molar-refractivity contribution in [3.05, 3.63) is 84.5 Å². The van der Waals surface area contributed by atoms with Crippen LogP contribution in [0.1, 0.15) is 25.5 Å². The second-order valence-electron chi connectivity index (χ2n) is 11.4. The molecule has 0 aromatic heterocycles. The Bertz CT molecular complexity index is 1410. The molecule has 2 aromatic rings. The van der Waals surface area contributed by atoms with Gasteiger partial charge in [0.25, 0.3) is 5.91 Å². The summed E-state index contributed by atoms with van der Waals surface area (Å²) >= 11 is 0. The predicted octanol–water partition coefficient (Wildman–Crippen LogP) is 2.78. The number of carbonyl (C=O) groups is 3. The van der Waals surface area contributed by atoms with Gasteiger partial charge in [0.05, 0.1) is 30.6 Å². The molecule has 220 valence electrons. The van der Waals surface area contributed by atoms with E-state index in [0.29, 0.717) is 17.8 Å². The van der Waals surface area contributed by atoms with E-state index in [1.807, 2.05) is 78.9 Å². The Balaban J connectivity index is 1.46. The number of rotatable bonds is 7. The van der Waals surface area contributed by atoms with Gasteiger partial charge >= 0.3 is 0 Å². The van der Waals surface area contributed by atoms with Crippen molar-refractivity contribution in [2.24, 2.45) is 11.8 Å². The van der Waals surface area contributed by atoms with Gasteiger partial charge in [-0.25, -0.2) is 0 Å². The SMILES string of the molecule is CCN(CC)c1ccc(N2CC=C[C@]34O[C@@H]5C=CCN(C)C(=O)[C@@H]5[C@H]3C(=O)N([C@H](CO)c3ccccc3)C4C2=O)cc1. The predicted molar refractivity (Wildman–Crippen MR) is 160 cm³/mol. The number of likely N-dealkylation sites (N-methyl/N-ethyl adjacent to an activating group) is 1. The van der Waals surface area contributed by atoms with Crippen LogP contribution in [0.25, 0.3) is 0 Å². The molecule has 2 saturated heterocycles. The molecule has 3 amide bonds. The van der Waals surface area contributed by atoms with Gasteiger partial charge in [-0.2, -0.15) is 0 Å². The van der Waals surface area contributed by atoms with Crippen molar-refractivity contribution in [1.29, 1.82) is 0 Å². The molecule has 6 rings (SSSR count). The van der Waals surface area contributed by atoms with Crippen molar-refractivity contribution < 1.29 is 24.2 Å². The number of amides is 3. The number of hydrogen-bond acceptors (Lipinski definition) is 6. The molecule has 0 radical (unpaired) electrons. The molecule has 1 N–H and O–H groups in total. The van der Waals surface area contributed by atoms with Crippen LogP contribution >= 0.6 is 0 Å². The minimum atomic E-state index is -1.36. The van der Waals surface area contributed by atoms with Crippen LogP contribution in [-0.4, -0.2) is 90.2 Å². The van der Waals surface area contributed by atoms with Crippen molar-refractivity contribution in [1.82, 2.24) is 9.80 Å². The number of anilines is 2. The van der Waals surface area contributed by atoms with Gasteiger partial charge < -0.3 is 29.4 Å². The maximum atomic E-state index is 14.7. The van der Waals surface area contributed by atoms with Crippen molar-refractivity contribution in [2.45, 2.75) is 37.6 Å². The van der Waals surface area contributed by atoms with Crippen molar-refractivity contribution in [3.8, 4) is 0 Å². The number of ether oxygens (including phenoxy) is 1. The van der Waals surface area contributed by atoms with Gasteiger partial charge in [0.1, 0.15) is 11.6 Å². The minimum Gasteiger partial charge on any atom is -0.394 e. The zero-order chi connectivity index (χ0) is 29.6. The van der Waals surface area contributed by atoms with E-state index in [1.165, 1.54) is 4.90 Å². The Labute approximate surface area is 246 Å². The maximum Gasteiger partial charge on any atom is 0.253 e. The molecule has 2 fully saturated rings. The van der Waals surface area contributed by atoms with Crippen LogP contribution in [0.5, 0.6) is 0 Å². The number of likely N-dealkylation sites (tertiary alicyclic amines) is 1. The Hall–Kier alpha value is -3.95. The highest BCUT2D eigenvalue weighted by molar-refractivity contribution is 6.06. The third-order valence-corrected chi connectivity index (χ3v) is 9.28. The van der Waals surface area contributed by atoms with E-state index < -0.39 is 35.6 Å². The zero-order valence-electron chi connectivity index (χ0n) is 24.3. The van der Waals surface area contributed by atoms with Crippen LogP contribution in [0.15, 0.2) is 78.9 Å². The Morgan fingerprint density at radius 1 is 0.952 bits per heavy atom. The fourth-order valence-corrected chi connectivity index (χ4v) is 7.23. The first kappa shape index (κ1) is 28.2. The van der Waals surface area contributed by atoms with Crippen molar-refractivity contribution >= 4 is 29.1 Å². The first-order valence-electron chi connectivity index (χ1n) is 14.8. The van der Waals surface area contributed by atoms with Gasteiger partial charge in [-0.3, -0.25) is 14.4 Å². The van der Waals surface area contributed by atoms with Crippen LogP contribution in [0, 0.1) is 11.8 Å². The molecule has 9 heteroatoms. The molecular weight excluding hydrogens is 532 g/mol. The molecule has 0 saturated carbocycles. The largest absolute Gasteiger partial charge is 0.394 e. The molecule has 4 aliphatic heterocycles. The van der Waals surface area contributed by atoms with Gasteiger partial charge in [-0.1, -0.05) is 54.6 Å². The molecule has 4 heterocycles. The lowest BCUT2D eigenvalue weighted by Crippen LogP contribution is -2.56. The number of benzene rings is 2. The molecule has 1 spiro atoms. The van der Waals surface area contributed by atoms with E-state index in [4.69, 9.17) is 4.74 Å². The van der Waals surface area contributed by atoms with Gasteiger partial charge in [0.2, 0.25) is 11.8 Å². The summed E-state index contributed by atoms with van der Waals surface area (Å²) in [5.74, 6) is -2.53. The maximum absolute atomic E-state index is 14.7.